The van der Waals surface area contributed by atoms with Crippen molar-refractivity contribution in [2.24, 2.45) is 5.73 Å². The van der Waals surface area contributed by atoms with Crippen LogP contribution in [0.2, 0.25) is 10.0 Å². The van der Waals surface area contributed by atoms with Gasteiger partial charge in [0.2, 0.25) is 0 Å². The zero-order valence-electron chi connectivity index (χ0n) is 10.0. The Balaban J connectivity index is 2.34. The average Bonchev–Trinajstić information content (AvgIpc) is 2.62. The standard InChI is InChI=1S/C15H13Cl2N/c1-8-2-3-10-11(4-8)13(7-18)15-12(10)5-9(16)6-14(15)17/h2-6,13H,7,18H2,1H3. The molecule has 0 aromatic heterocycles. The molecule has 3 rings (SSSR count). The van der Waals surface area contributed by atoms with E-state index in [0.717, 1.165) is 11.1 Å². The van der Waals surface area contributed by atoms with E-state index in [1.54, 1.807) is 6.07 Å². The van der Waals surface area contributed by atoms with Gasteiger partial charge in [-0.05, 0) is 41.3 Å². The summed E-state index contributed by atoms with van der Waals surface area (Å²) in [4.78, 5) is 0. The minimum Gasteiger partial charge on any atom is -0.330 e. The molecule has 3 heteroatoms. The minimum atomic E-state index is 0.180. The van der Waals surface area contributed by atoms with Gasteiger partial charge in [-0.2, -0.15) is 0 Å². The van der Waals surface area contributed by atoms with Gasteiger partial charge in [-0.25, -0.2) is 0 Å². The van der Waals surface area contributed by atoms with Gasteiger partial charge >= 0.3 is 0 Å². The van der Waals surface area contributed by atoms with Gasteiger partial charge < -0.3 is 5.73 Å². The molecular formula is C15H13Cl2N. The highest BCUT2D eigenvalue weighted by atomic mass is 35.5. The summed E-state index contributed by atoms with van der Waals surface area (Å²) in [5, 5.41) is 1.38. The molecule has 1 aliphatic carbocycles. The number of fused-ring (bicyclic) bond motifs is 3. The number of rotatable bonds is 1. The van der Waals surface area contributed by atoms with Crippen LogP contribution in [-0.2, 0) is 0 Å². The number of hydrogen-bond acceptors (Lipinski definition) is 1. The lowest BCUT2D eigenvalue weighted by molar-refractivity contribution is 0.840. The fourth-order valence-corrected chi connectivity index (χ4v) is 3.40. The maximum atomic E-state index is 6.34. The van der Waals surface area contributed by atoms with Crippen LogP contribution in [0.3, 0.4) is 0 Å². The van der Waals surface area contributed by atoms with Gasteiger partial charge in [-0.15, -0.1) is 0 Å². The molecule has 0 spiro atoms. The van der Waals surface area contributed by atoms with Gasteiger partial charge in [0.05, 0.1) is 0 Å². The second-order valence-corrected chi connectivity index (χ2v) is 5.57. The maximum absolute atomic E-state index is 6.34. The van der Waals surface area contributed by atoms with Crippen LogP contribution < -0.4 is 5.73 Å². The van der Waals surface area contributed by atoms with Gasteiger partial charge in [0.15, 0.2) is 0 Å². The van der Waals surface area contributed by atoms with E-state index < -0.39 is 0 Å². The first-order valence-electron chi connectivity index (χ1n) is 5.91. The van der Waals surface area contributed by atoms with Crippen LogP contribution >= 0.6 is 23.2 Å². The summed E-state index contributed by atoms with van der Waals surface area (Å²) in [6.07, 6.45) is 0. The third-order valence-corrected chi connectivity index (χ3v) is 4.08. The smallest absolute Gasteiger partial charge is 0.0465 e. The molecule has 0 radical (unpaired) electrons. The highest BCUT2D eigenvalue weighted by Crippen LogP contribution is 2.48. The van der Waals surface area contributed by atoms with Gasteiger partial charge in [0.25, 0.3) is 0 Å². The molecule has 0 saturated carbocycles. The zero-order valence-corrected chi connectivity index (χ0v) is 11.5. The van der Waals surface area contributed by atoms with E-state index in [9.17, 15) is 0 Å². The quantitative estimate of drug-likeness (QED) is 0.823. The molecule has 0 heterocycles. The Morgan fingerprint density at radius 1 is 1.11 bits per heavy atom. The first-order chi connectivity index (χ1) is 8.61. The summed E-state index contributed by atoms with van der Waals surface area (Å²) < 4.78 is 0. The van der Waals surface area contributed by atoms with Crippen molar-refractivity contribution in [3.8, 4) is 11.1 Å². The molecule has 0 amide bonds. The van der Waals surface area contributed by atoms with Gasteiger partial charge in [0, 0.05) is 22.5 Å². The minimum absolute atomic E-state index is 0.180. The van der Waals surface area contributed by atoms with Crippen molar-refractivity contribution in [3.63, 3.8) is 0 Å². The number of aryl methyl sites for hydroxylation is 1. The van der Waals surface area contributed by atoms with Crippen molar-refractivity contribution in [3.05, 3.63) is 57.1 Å². The SMILES string of the molecule is Cc1ccc2c(c1)C(CN)c1c(Cl)cc(Cl)cc1-2. The summed E-state index contributed by atoms with van der Waals surface area (Å²) >= 11 is 12.4. The molecule has 1 unspecified atom stereocenters. The first kappa shape index (κ1) is 12.0. The second-order valence-electron chi connectivity index (χ2n) is 4.73. The lowest BCUT2D eigenvalue weighted by atomic mass is 9.96. The van der Waals surface area contributed by atoms with Gasteiger partial charge in [-0.1, -0.05) is 47.0 Å². The Labute approximate surface area is 117 Å². The van der Waals surface area contributed by atoms with Crippen LogP contribution in [0, 0.1) is 6.92 Å². The highest BCUT2D eigenvalue weighted by molar-refractivity contribution is 6.36. The largest absolute Gasteiger partial charge is 0.330 e. The molecule has 1 nitrogen and oxygen atoms in total. The van der Waals surface area contributed by atoms with Gasteiger partial charge in [0.1, 0.15) is 0 Å². The van der Waals surface area contributed by atoms with Crippen molar-refractivity contribution in [2.75, 3.05) is 6.54 Å². The lowest BCUT2D eigenvalue weighted by Crippen LogP contribution is -2.11. The summed E-state index contributed by atoms with van der Waals surface area (Å²) in [5.41, 5.74) is 11.9. The van der Waals surface area contributed by atoms with Crippen molar-refractivity contribution in [1.82, 2.24) is 0 Å². The zero-order chi connectivity index (χ0) is 12.9. The number of benzene rings is 2. The molecule has 0 aliphatic heterocycles. The Morgan fingerprint density at radius 2 is 1.89 bits per heavy atom. The Morgan fingerprint density at radius 3 is 2.61 bits per heavy atom. The molecule has 1 atom stereocenters. The predicted octanol–water partition coefficient (Wildman–Crippen LogP) is 4.37. The van der Waals surface area contributed by atoms with Crippen LogP contribution in [0.5, 0.6) is 0 Å². The summed E-state index contributed by atoms with van der Waals surface area (Å²) in [6, 6.07) is 10.2. The topological polar surface area (TPSA) is 26.0 Å². The van der Waals surface area contributed by atoms with Gasteiger partial charge in [-0.3, -0.25) is 0 Å². The lowest BCUT2D eigenvalue weighted by Gasteiger charge is -2.12. The Hall–Kier alpha value is -1.02. The maximum Gasteiger partial charge on any atom is 0.0465 e. The number of halogens is 2. The normalized spacial score (nSPS) is 16.6. The van der Waals surface area contributed by atoms with E-state index in [2.05, 4.69) is 25.1 Å². The molecule has 2 aromatic carbocycles. The molecule has 18 heavy (non-hydrogen) atoms. The third-order valence-electron chi connectivity index (χ3n) is 3.55. The Kier molecular flexibility index (Phi) is 2.86. The summed E-state index contributed by atoms with van der Waals surface area (Å²) in [7, 11) is 0. The van der Waals surface area contributed by atoms with E-state index in [1.165, 1.54) is 16.7 Å². The highest BCUT2D eigenvalue weighted by Gasteiger charge is 2.30. The van der Waals surface area contributed by atoms with Crippen LogP contribution in [0.1, 0.15) is 22.6 Å². The molecule has 1 aliphatic rings. The molecule has 92 valence electrons. The fraction of sp³-hybridized carbons (Fsp3) is 0.200. The van der Waals surface area contributed by atoms with E-state index in [-0.39, 0.29) is 5.92 Å². The average molecular weight is 278 g/mol. The molecule has 2 aromatic rings. The molecule has 2 N–H and O–H groups in total. The fourth-order valence-electron chi connectivity index (χ4n) is 2.78. The first-order valence-corrected chi connectivity index (χ1v) is 6.67. The van der Waals surface area contributed by atoms with E-state index in [1.807, 2.05) is 6.07 Å². The monoisotopic (exact) mass is 277 g/mol. The van der Waals surface area contributed by atoms with E-state index in [4.69, 9.17) is 28.9 Å². The third kappa shape index (κ3) is 1.66. The second kappa shape index (κ2) is 4.27. The molecule has 0 saturated heterocycles. The summed E-state index contributed by atoms with van der Waals surface area (Å²) in [6.45, 7) is 2.65. The van der Waals surface area contributed by atoms with E-state index >= 15 is 0 Å². The summed E-state index contributed by atoms with van der Waals surface area (Å²) in [5.74, 6) is 0.180. The number of nitrogens with two attached hydrogens (primary N) is 1. The van der Waals surface area contributed by atoms with Crippen molar-refractivity contribution in [1.29, 1.82) is 0 Å². The van der Waals surface area contributed by atoms with Crippen molar-refractivity contribution >= 4 is 23.2 Å². The van der Waals surface area contributed by atoms with Crippen molar-refractivity contribution in [2.45, 2.75) is 12.8 Å². The van der Waals surface area contributed by atoms with Crippen LogP contribution in [0.15, 0.2) is 30.3 Å². The molecular weight excluding hydrogens is 265 g/mol. The predicted molar refractivity (Wildman–Crippen MR) is 77.5 cm³/mol. The van der Waals surface area contributed by atoms with Crippen LogP contribution in [0.4, 0.5) is 0 Å². The van der Waals surface area contributed by atoms with E-state index in [0.29, 0.717) is 16.6 Å². The van der Waals surface area contributed by atoms with Crippen LogP contribution in [0.25, 0.3) is 11.1 Å². The molecule has 0 bridgehead atoms. The van der Waals surface area contributed by atoms with Crippen molar-refractivity contribution < 1.29 is 0 Å². The molecule has 0 fully saturated rings. The van der Waals surface area contributed by atoms with Crippen LogP contribution in [-0.4, -0.2) is 6.54 Å². The Bertz CT molecular complexity index is 635. The number of hydrogen-bond donors (Lipinski definition) is 1.